The molecule has 0 amide bonds. The minimum atomic E-state index is -0.959. The second-order valence-electron chi connectivity index (χ2n) is 3.50. The van der Waals surface area contributed by atoms with E-state index >= 15 is 0 Å². The summed E-state index contributed by atoms with van der Waals surface area (Å²) >= 11 is 0. The zero-order chi connectivity index (χ0) is 13.3. The van der Waals surface area contributed by atoms with Crippen molar-refractivity contribution in [3.05, 3.63) is 28.6 Å². The summed E-state index contributed by atoms with van der Waals surface area (Å²) in [6.07, 6.45) is 0. The first-order valence-electron chi connectivity index (χ1n) is 5.05. The molecule has 2 aromatic rings. The number of benzene rings is 1. The fourth-order valence-electron chi connectivity index (χ4n) is 1.60. The second-order valence-corrected chi connectivity index (χ2v) is 3.50. The van der Waals surface area contributed by atoms with Crippen LogP contribution in [0.1, 0.15) is 6.92 Å². The number of para-hydroxylation sites is 1. The predicted molar refractivity (Wildman–Crippen MR) is 62.0 cm³/mol. The minimum Gasteiger partial charge on any atom is -0.499 e. The Bertz CT molecular complexity index is 670. The van der Waals surface area contributed by atoms with Crippen LogP contribution in [-0.2, 0) is 4.79 Å². The van der Waals surface area contributed by atoms with Crippen molar-refractivity contribution in [1.29, 1.82) is 0 Å². The lowest BCUT2D eigenvalue weighted by molar-refractivity contribution is -0.131. The SMILES string of the molecule is COc1c(O)c(=O)oc2c(OC(C)=O)cccc12. The van der Waals surface area contributed by atoms with Gasteiger partial charge in [-0.1, -0.05) is 6.07 Å². The third-order valence-electron chi connectivity index (χ3n) is 2.28. The lowest BCUT2D eigenvalue weighted by Gasteiger charge is -2.08. The molecule has 0 aliphatic carbocycles. The molecule has 0 radical (unpaired) electrons. The van der Waals surface area contributed by atoms with Crippen LogP contribution in [0.15, 0.2) is 27.4 Å². The maximum absolute atomic E-state index is 11.4. The number of aromatic hydroxyl groups is 1. The van der Waals surface area contributed by atoms with Gasteiger partial charge in [0.25, 0.3) is 0 Å². The number of methoxy groups -OCH3 is 1. The smallest absolute Gasteiger partial charge is 0.382 e. The maximum Gasteiger partial charge on any atom is 0.382 e. The highest BCUT2D eigenvalue weighted by Crippen LogP contribution is 2.35. The highest BCUT2D eigenvalue weighted by atomic mass is 16.5. The van der Waals surface area contributed by atoms with Crippen LogP contribution < -0.4 is 15.1 Å². The molecule has 1 aromatic heterocycles. The van der Waals surface area contributed by atoms with Crippen molar-refractivity contribution in [3.8, 4) is 17.2 Å². The Labute approximate surface area is 101 Å². The molecular weight excluding hydrogens is 240 g/mol. The van der Waals surface area contributed by atoms with Crippen molar-refractivity contribution in [1.82, 2.24) is 0 Å². The van der Waals surface area contributed by atoms with Gasteiger partial charge in [0.1, 0.15) is 0 Å². The summed E-state index contributed by atoms with van der Waals surface area (Å²) in [5, 5.41) is 9.87. The summed E-state index contributed by atoms with van der Waals surface area (Å²) in [5.74, 6) is -1.09. The molecule has 18 heavy (non-hydrogen) atoms. The summed E-state index contributed by atoms with van der Waals surface area (Å²) in [7, 11) is 1.31. The quantitative estimate of drug-likeness (QED) is 0.493. The fourth-order valence-corrected chi connectivity index (χ4v) is 1.60. The molecule has 1 heterocycles. The van der Waals surface area contributed by atoms with Crippen LogP contribution in [0.3, 0.4) is 0 Å². The Kier molecular flexibility index (Phi) is 2.93. The van der Waals surface area contributed by atoms with Crippen LogP contribution in [0, 0.1) is 0 Å². The largest absolute Gasteiger partial charge is 0.499 e. The van der Waals surface area contributed by atoms with Crippen molar-refractivity contribution in [2.75, 3.05) is 7.11 Å². The van der Waals surface area contributed by atoms with Crippen molar-refractivity contribution < 1.29 is 23.8 Å². The fraction of sp³-hybridized carbons (Fsp3) is 0.167. The van der Waals surface area contributed by atoms with E-state index in [2.05, 4.69) is 0 Å². The van der Waals surface area contributed by atoms with Crippen LogP contribution in [0.25, 0.3) is 11.0 Å². The lowest BCUT2D eigenvalue weighted by Crippen LogP contribution is -2.05. The number of hydrogen-bond donors (Lipinski definition) is 1. The van der Waals surface area contributed by atoms with Gasteiger partial charge in [0.15, 0.2) is 17.1 Å². The van der Waals surface area contributed by atoms with E-state index in [0.29, 0.717) is 5.39 Å². The first-order chi connectivity index (χ1) is 8.54. The van der Waals surface area contributed by atoms with Crippen molar-refractivity contribution in [2.45, 2.75) is 6.92 Å². The molecule has 2 rings (SSSR count). The molecule has 6 nitrogen and oxygen atoms in total. The van der Waals surface area contributed by atoms with E-state index in [1.807, 2.05) is 0 Å². The average Bonchev–Trinajstić information content (AvgIpc) is 2.31. The Balaban J connectivity index is 2.82. The van der Waals surface area contributed by atoms with Gasteiger partial charge in [0.05, 0.1) is 12.5 Å². The molecule has 94 valence electrons. The van der Waals surface area contributed by atoms with Crippen molar-refractivity contribution >= 4 is 16.9 Å². The van der Waals surface area contributed by atoms with Crippen LogP contribution in [-0.4, -0.2) is 18.2 Å². The molecule has 0 unspecified atom stereocenters. The number of carbonyl (C=O) groups excluding carboxylic acids is 1. The number of hydrogen-bond acceptors (Lipinski definition) is 6. The van der Waals surface area contributed by atoms with Crippen molar-refractivity contribution in [2.24, 2.45) is 0 Å². The number of rotatable bonds is 2. The van der Waals surface area contributed by atoms with E-state index in [1.54, 1.807) is 12.1 Å². The summed E-state index contributed by atoms with van der Waals surface area (Å²) < 4.78 is 14.8. The molecular formula is C12H10O6. The van der Waals surface area contributed by atoms with E-state index in [4.69, 9.17) is 13.9 Å². The van der Waals surface area contributed by atoms with E-state index in [-0.39, 0.29) is 17.1 Å². The Hall–Kier alpha value is -2.50. The highest BCUT2D eigenvalue weighted by molar-refractivity contribution is 5.91. The topological polar surface area (TPSA) is 86.0 Å². The Morgan fingerprint density at radius 1 is 1.39 bits per heavy atom. The van der Waals surface area contributed by atoms with E-state index in [1.165, 1.54) is 20.1 Å². The van der Waals surface area contributed by atoms with Gasteiger partial charge < -0.3 is 19.0 Å². The molecule has 0 fully saturated rings. The molecule has 0 atom stereocenters. The summed E-state index contributed by atoms with van der Waals surface area (Å²) in [4.78, 5) is 22.4. The maximum atomic E-state index is 11.4. The van der Waals surface area contributed by atoms with E-state index < -0.39 is 17.3 Å². The monoisotopic (exact) mass is 250 g/mol. The second kappa shape index (κ2) is 4.40. The molecule has 0 saturated heterocycles. The molecule has 6 heteroatoms. The molecule has 1 aromatic carbocycles. The molecule has 0 aliphatic rings. The van der Waals surface area contributed by atoms with Crippen molar-refractivity contribution in [3.63, 3.8) is 0 Å². The van der Waals surface area contributed by atoms with Crippen LogP contribution in [0.5, 0.6) is 17.2 Å². The molecule has 0 bridgehead atoms. The predicted octanol–water partition coefficient (Wildman–Crippen LogP) is 1.43. The van der Waals surface area contributed by atoms with Gasteiger partial charge in [-0.3, -0.25) is 4.79 Å². The van der Waals surface area contributed by atoms with Crippen LogP contribution in [0.2, 0.25) is 0 Å². The summed E-state index contributed by atoms with van der Waals surface area (Å²) in [5.41, 5.74) is -0.911. The third kappa shape index (κ3) is 1.88. The zero-order valence-electron chi connectivity index (χ0n) is 9.72. The van der Waals surface area contributed by atoms with Crippen LogP contribution >= 0.6 is 0 Å². The van der Waals surface area contributed by atoms with Gasteiger partial charge in [-0.05, 0) is 12.1 Å². The molecule has 0 saturated carbocycles. The number of ether oxygens (including phenoxy) is 2. The van der Waals surface area contributed by atoms with E-state index in [0.717, 1.165) is 0 Å². The number of esters is 1. The van der Waals surface area contributed by atoms with Gasteiger partial charge in [-0.2, -0.15) is 0 Å². The summed E-state index contributed by atoms with van der Waals surface area (Å²) in [6.45, 7) is 1.23. The minimum absolute atomic E-state index is 0.0183. The highest BCUT2D eigenvalue weighted by Gasteiger charge is 2.17. The average molecular weight is 250 g/mol. The standard InChI is InChI=1S/C12H10O6/c1-6(13)17-8-5-3-4-7-10(8)18-12(15)9(14)11(7)16-2/h3-5,14H,1-2H3. The van der Waals surface area contributed by atoms with E-state index in [9.17, 15) is 14.7 Å². The number of carbonyl (C=O) groups is 1. The summed E-state index contributed by atoms with van der Waals surface area (Å²) in [6, 6.07) is 4.63. The first kappa shape index (κ1) is 12.0. The molecule has 0 aliphatic heterocycles. The van der Waals surface area contributed by atoms with Gasteiger partial charge in [0.2, 0.25) is 5.75 Å². The van der Waals surface area contributed by atoms with Gasteiger partial charge in [0, 0.05) is 6.92 Å². The van der Waals surface area contributed by atoms with Gasteiger partial charge in [-0.25, -0.2) is 4.79 Å². The van der Waals surface area contributed by atoms with Gasteiger partial charge >= 0.3 is 11.6 Å². The molecule has 1 N–H and O–H groups in total. The van der Waals surface area contributed by atoms with Crippen LogP contribution in [0.4, 0.5) is 0 Å². The first-order valence-corrected chi connectivity index (χ1v) is 5.05. The Morgan fingerprint density at radius 2 is 2.11 bits per heavy atom. The lowest BCUT2D eigenvalue weighted by atomic mass is 10.2. The Morgan fingerprint density at radius 3 is 2.72 bits per heavy atom. The number of fused-ring (bicyclic) bond motifs is 1. The van der Waals surface area contributed by atoms with Gasteiger partial charge in [-0.15, -0.1) is 0 Å². The third-order valence-corrected chi connectivity index (χ3v) is 2.28. The normalized spacial score (nSPS) is 10.3. The zero-order valence-corrected chi connectivity index (χ0v) is 9.72. The molecule has 0 spiro atoms.